The van der Waals surface area contributed by atoms with E-state index in [1.54, 1.807) is 22.9 Å². The van der Waals surface area contributed by atoms with E-state index in [9.17, 15) is 9.18 Å². The molecule has 0 fully saturated rings. The smallest absolute Gasteiger partial charge is 0.337 e. The van der Waals surface area contributed by atoms with Gasteiger partial charge < -0.3 is 9.67 Å². The highest BCUT2D eigenvalue weighted by molar-refractivity contribution is 6.02. The number of hydrogen-bond acceptors (Lipinski definition) is 1. The van der Waals surface area contributed by atoms with Crippen LogP contribution in [0, 0.1) is 0 Å². The zero-order chi connectivity index (χ0) is 11.5. The van der Waals surface area contributed by atoms with E-state index in [0.29, 0.717) is 18.5 Å². The molecule has 3 nitrogen and oxygen atoms in total. The molecule has 0 radical (unpaired) electrons. The molecule has 2 aromatic rings. The lowest BCUT2D eigenvalue weighted by molar-refractivity contribution is 0.0698. The average molecular weight is 221 g/mol. The van der Waals surface area contributed by atoms with Gasteiger partial charge in [0.25, 0.3) is 0 Å². The molecule has 4 heteroatoms. The van der Waals surface area contributed by atoms with Gasteiger partial charge in [-0.2, -0.15) is 0 Å². The Balaban J connectivity index is 2.54. The number of alkyl halides is 1. The van der Waals surface area contributed by atoms with Crippen LogP contribution in [0.2, 0.25) is 0 Å². The predicted molar refractivity (Wildman–Crippen MR) is 59.5 cm³/mol. The number of aromatic carboxylic acids is 1. The van der Waals surface area contributed by atoms with E-state index >= 15 is 0 Å². The number of aromatic nitrogens is 1. The van der Waals surface area contributed by atoms with E-state index < -0.39 is 12.6 Å². The first kappa shape index (κ1) is 10.7. The van der Waals surface area contributed by atoms with Crippen LogP contribution in [0.5, 0.6) is 0 Å². The molecular formula is C12H12FNO2. The topological polar surface area (TPSA) is 42.2 Å². The lowest BCUT2D eigenvalue weighted by Gasteiger charge is -2.06. The summed E-state index contributed by atoms with van der Waals surface area (Å²) >= 11 is 0. The monoisotopic (exact) mass is 221 g/mol. The molecule has 16 heavy (non-hydrogen) atoms. The molecule has 0 bridgehead atoms. The predicted octanol–water partition coefficient (Wildman–Crippen LogP) is 2.70. The summed E-state index contributed by atoms with van der Waals surface area (Å²) < 4.78 is 13.9. The van der Waals surface area contributed by atoms with Crippen molar-refractivity contribution >= 4 is 16.9 Å². The second-order valence-corrected chi connectivity index (χ2v) is 3.60. The highest BCUT2D eigenvalue weighted by Crippen LogP contribution is 2.20. The van der Waals surface area contributed by atoms with E-state index in [1.807, 2.05) is 12.1 Å². The van der Waals surface area contributed by atoms with Gasteiger partial charge in [-0.3, -0.25) is 4.39 Å². The Morgan fingerprint density at radius 1 is 1.38 bits per heavy atom. The van der Waals surface area contributed by atoms with E-state index in [4.69, 9.17) is 5.11 Å². The number of rotatable bonds is 4. The summed E-state index contributed by atoms with van der Waals surface area (Å²) in [5, 5.41) is 9.94. The van der Waals surface area contributed by atoms with Crippen molar-refractivity contribution in [3.63, 3.8) is 0 Å². The highest BCUT2D eigenvalue weighted by atomic mass is 19.1. The van der Waals surface area contributed by atoms with Crippen LogP contribution in [0.15, 0.2) is 30.5 Å². The van der Waals surface area contributed by atoms with Crippen LogP contribution < -0.4 is 0 Å². The Morgan fingerprint density at radius 2 is 2.19 bits per heavy atom. The number of carboxylic acids is 1. The standard InChI is InChI=1S/C12H12FNO2/c13-6-2-7-14-8-5-9-3-1-4-10(11(9)14)12(15)16/h1,3-5,8H,2,6-7H2,(H,15,16). The Morgan fingerprint density at radius 3 is 2.88 bits per heavy atom. The van der Waals surface area contributed by atoms with Crippen LogP contribution >= 0.6 is 0 Å². The molecule has 0 spiro atoms. The van der Waals surface area contributed by atoms with Crippen molar-refractivity contribution in [2.24, 2.45) is 0 Å². The van der Waals surface area contributed by atoms with Gasteiger partial charge in [0.2, 0.25) is 0 Å². The Labute approximate surface area is 92.1 Å². The van der Waals surface area contributed by atoms with Gasteiger partial charge in [-0.15, -0.1) is 0 Å². The summed E-state index contributed by atoms with van der Waals surface area (Å²) in [6, 6.07) is 6.98. The van der Waals surface area contributed by atoms with Crippen molar-refractivity contribution in [3.05, 3.63) is 36.0 Å². The van der Waals surface area contributed by atoms with Crippen molar-refractivity contribution < 1.29 is 14.3 Å². The van der Waals surface area contributed by atoms with Crippen LogP contribution in [-0.4, -0.2) is 22.3 Å². The van der Waals surface area contributed by atoms with Gasteiger partial charge in [-0.05, 0) is 18.6 Å². The fourth-order valence-electron chi connectivity index (χ4n) is 1.85. The SMILES string of the molecule is O=C(O)c1cccc2ccn(CCCF)c12. The number of hydrogen-bond donors (Lipinski definition) is 1. The maximum Gasteiger partial charge on any atom is 0.337 e. The van der Waals surface area contributed by atoms with E-state index in [2.05, 4.69) is 0 Å². The Bertz CT molecular complexity index is 519. The number of carbonyl (C=O) groups is 1. The molecule has 0 aliphatic carbocycles. The minimum atomic E-state index is -0.953. The summed E-state index contributed by atoms with van der Waals surface area (Å²) in [5.41, 5.74) is 0.935. The fraction of sp³-hybridized carbons (Fsp3) is 0.250. The molecule has 1 aromatic carbocycles. The lowest BCUT2D eigenvalue weighted by Crippen LogP contribution is -2.03. The Hall–Kier alpha value is -1.84. The number of carboxylic acid groups (broad SMARTS) is 1. The van der Waals surface area contributed by atoms with Gasteiger partial charge in [0, 0.05) is 18.1 Å². The van der Waals surface area contributed by atoms with Gasteiger partial charge in [0.1, 0.15) is 0 Å². The van der Waals surface area contributed by atoms with Crippen molar-refractivity contribution in [2.45, 2.75) is 13.0 Å². The van der Waals surface area contributed by atoms with Crippen molar-refractivity contribution in [2.75, 3.05) is 6.67 Å². The van der Waals surface area contributed by atoms with Crippen LogP contribution in [0.25, 0.3) is 10.9 Å². The summed E-state index contributed by atoms with van der Waals surface area (Å²) in [5.74, 6) is -0.953. The van der Waals surface area contributed by atoms with Crippen molar-refractivity contribution in [1.29, 1.82) is 0 Å². The third-order valence-electron chi connectivity index (χ3n) is 2.55. The zero-order valence-corrected chi connectivity index (χ0v) is 8.69. The maximum atomic E-state index is 12.1. The van der Waals surface area contributed by atoms with Crippen molar-refractivity contribution in [3.8, 4) is 0 Å². The second-order valence-electron chi connectivity index (χ2n) is 3.60. The van der Waals surface area contributed by atoms with Crippen LogP contribution in [0.4, 0.5) is 4.39 Å². The van der Waals surface area contributed by atoms with Gasteiger partial charge >= 0.3 is 5.97 Å². The maximum absolute atomic E-state index is 12.1. The molecule has 1 N–H and O–H groups in total. The number of halogens is 1. The minimum Gasteiger partial charge on any atom is -0.478 e. The van der Waals surface area contributed by atoms with E-state index in [-0.39, 0.29) is 5.56 Å². The van der Waals surface area contributed by atoms with Gasteiger partial charge in [-0.1, -0.05) is 12.1 Å². The molecule has 0 saturated heterocycles. The number of nitrogens with zero attached hydrogens (tertiary/aromatic N) is 1. The van der Waals surface area contributed by atoms with Crippen molar-refractivity contribution in [1.82, 2.24) is 4.57 Å². The molecule has 0 aliphatic heterocycles. The number of benzene rings is 1. The Kier molecular flexibility index (Phi) is 2.90. The molecule has 2 rings (SSSR count). The largest absolute Gasteiger partial charge is 0.478 e. The first-order valence-corrected chi connectivity index (χ1v) is 5.11. The van der Waals surface area contributed by atoms with Gasteiger partial charge in [0.15, 0.2) is 0 Å². The highest BCUT2D eigenvalue weighted by Gasteiger charge is 2.11. The van der Waals surface area contributed by atoms with E-state index in [1.165, 1.54) is 0 Å². The normalized spacial score (nSPS) is 10.8. The lowest BCUT2D eigenvalue weighted by atomic mass is 10.1. The molecule has 0 unspecified atom stereocenters. The number of fused-ring (bicyclic) bond motifs is 1. The molecular weight excluding hydrogens is 209 g/mol. The molecule has 1 heterocycles. The minimum absolute atomic E-state index is 0.265. The summed E-state index contributed by atoms with van der Waals surface area (Å²) in [4.78, 5) is 11.1. The first-order chi connectivity index (χ1) is 7.74. The zero-order valence-electron chi connectivity index (χ0n) is 8.69. The van der Waals surface area contributed by atoms with Crippen LogP contribution in [-0.2, 0) is 6.54 Å². The molecule has 1 aromatic heterocycles. The average Bonchev–Trinajstić information content (AvgIpc) is 2.69. The number of aryl methyl sites for hydroxylation is 1. The quantitative estimate of drug-likeness (QED) is 0.862. The molecule has 84 valence electrons. The summed E-state index contributed by atoms with van der Waals surface area (Å²) in [6.07, 6.45) is 2.20. The van der Waals surface area contributed by atoms with Gasteiger partial charge in [-0.25, -0.2) is 4.79 Å². The molecule has 0 aliphatic rings. The molecule has 0 saturated carbocycles. The van der Waals surface area contributed by atoms with Gasteiger partial charge in [0.05, 0.1) is 17.8 Å². The molecule has 0 atom stereocenters. The van der Waals surface area contributed by atoms with Crippen LogP contribution in [0.3, 0.4) is 0 Å². The first-order valence-electron chi connectivity index (χ1n) is 5.11. The third-order valence-corrected chi connectivity index (χ3v) is 2.55. The van der Waals surface area contributed by atoms with Crippen LogP contribution in [0.1, 0.15) is 16.8 Å². The third kappa shape index (κ3) is 1.78. The summed E-state index contributed by atoms with van der Waals surface area (Å²) in [6.45, 7) is 0.110. The second kappa shape index (κ2) is 4.35. The van der Waals surface area contributed by atoms with E-state index in [0.717, 1.165) is 5.39 Å². The fourth-order valence-corrected chi connectivity index (χ4v) is 1.85. The number of para-hydroxylation sites is 1. The summed E-state index contributed by atoms with van der Waals surface area (Å²) in [7, 11) is 0. The molecule has 0 amide bonds.